The molecule has 1 aliphatic carbocycles. The van der Waals surface area contributed by atoms with Crippen LogP contribution in [0.25, 0.3) is 0 Å². The van der Waals surface area contributed by atoms with Crippen molar-refractivity contribution in [3.05, 3.63) is 34.3 Å². The summed E-state index contributed by atoms with van der Waals surface area (Å²) in [6.45, 7) is 1.73. The van der Waals surface area contributed by atoms with Crippen molar-refractivity contribution in [3.8, 4) is 6.07 Å². The Kier molecular flexibility index (Phi) is 5.04. The molecule has 0 spiro atoms. The fourth-order valence-electron chi connectivity index (χ4n) is 3.01. The highest BCUT2D eigenvalue weighted by Crippen LogP contribution is 2.33. The van der Waals surface area contributed by atoms with Gasteiger partial charge in [-0.1, -0.05) is 30.5 Å². The van der Waals surface area contributed by atoms with Crippen molar-refractivity contribution in [2.75, 3.05) is 20.6 Å². The van der Waals surface area contributed by atoms with Gasteiger partial charge in [-0.15, -0.1) is 0 Å². The molecule has 1 N–H and O–H groups in total. The molecule has 0 radical (unpaired) electrons. The van der Waals surface area contributed by atoms with Gasteiger partial charge >= 0.3 is 0 Å². The molecule has 0 unspecified atom stereocenters. The normalized spacial score (nSPS) is 17.4. The second kappa shape index (κ2) is 6.58. The first-order valence-electron chi connectivity index (χ1n) is 7.14. The minimum atomic E-state index is 0.291. The average molecular weight is 292 g/mol. The van der Waals surface area contributed by atoms with Gasteiger partial charge in [0.05, 0.1) is 11.6 Å². The molecule has 1 fully saturated rings. The summed E-state index contributed by atoms with van der Waals surface area (Å²) in [7, 11) is 4.34. The Labute approximate surface area is 126 Å². The Morgan fingerprint density at radius 2 is 2.05 bits per heavy atom. The van der Waals surface area contributed by atoms with Gasteiger partial charge in [0.25, 0.3) is 0 Å². The van der Waals surface area contributed by atoms with Crippen LogP contribution < -0.4 is 5.32 Å². The minimum Gasteiger partial charge on any atom is -0.311 e. The number of nitrogens with zero attached hydrogens (tertiary/aromatic N) is 2. The topological polar surface area (TPSA) is 39.1 Å². The Morgan fingerprint density at radius 1 is 1.35 bits per heavy atom. The van der Waals surface area contributed by atoms with Gasteiger partial charge in [0.1, 0.15) is 0 Å². The molecule has 0 aliphatic heterocycles. The summed E-state index contributed by atoms with van der Waals surface area (Å²) in [6.07, 6.45) is 5.15. The lowest BCUT2D eigenvalue weighted by Gasteiger charge is -2.36. The fraction of sp³-hybridized carbons (Fsp3) is 0.562. The quantitative estimate of drug-likeness (QED) is 0.906. The summed E-state index contributed by atoms with van der Waals surface area (Å²) in [5.41, 5.74) is 1.95. The zero-order valence-corrected chi connectivity index (χ0v) is 13.0. The van der Waals surface area contributed by atoms with Crippen LogP contribution in [0, 0.1) is 11.3 Å². The molecule has 4 heteroatoms. The molecule has 1 aromatic rings. The third kappa shape index (κ3) is 3.32. The van der Waals surface area contributed by atoms with E-state index in [0.29, 0.717) is 16.1 Å². The second-order valence-electron chi connectivity index (χ2n) is 5.85. The van der Waals surface area contributed by atoms with E-state index in [1.165, 1.54) is 25.7 Å². The molecule has 108 valence electrons. The van der Waals surface area contributed by atoms with Crippen molar-refractivity contribution in [1.29, 1.82) is 5.26 Å². The van der Waals surface area contributed by atoms with Crippen molar-refractivity contribution in [1.82, 2.24) is 10.2 Å². The Bertz CT molecular complexity index is 499. The number of hydrogen-bond acceptors (Lipinski definition) is 3. The number of nitriles is 1. The van der Waals surface area contributed by atoms with Crippen molar-refractivity contribution >= 4 is 11.6 Å². The van der Waals surface area contributed by atoms with E-state index >= 15 is 0 Å². The maximum Gasteiger partial charge on any atom is 0.0992 e. The highest BCUT2D eigenvalue weighted by Gasteiger charge is 2.35. The van der Waals surface area contributed by atoms with Crippen molar-refractivity contribution < 1.29 is 0 Å². The van der Waals surface area contributed by atoms with Crippen LogP contribution in [0.3, 0.4) is 0 Å². The summed E-state index contributed by atoms with van der Waals surface area (Å²) < 4.78 is 0. The molecular weight excluding hydrogens is 270 g/mol. The summed E-state index contributed by atoms with van der Waals surface area (Å²) in [5.74, 6) is 0. The van der Waals surface area contributed by atoms with Gasteiger partial charge in [0.15, 0.2) is 0 Å². The second-order valence-corrected chi connectivity index (χ2v) is 6.25. The van der Waals surface area contributed by atoms with Crippen molar-refractivity contribution in [2.45, 2.75) is 37.8 Å². The monoisotopic (exact) mass is 291 g/mol. The lowest BCUT2D eigenvalue weighted by molar-refractivity contribution is 0.153. The first-order valence-corrected chi connectivity index (χ1v) is 7.52. The van der Waals surface area contributed by atoms with E-state index in [-0.39, 0.29) is 0 Å². The fourth-order valence-corrected chi connectivity index (χ4v) is 3.25. The number of nitrogens with one attached hydrogen (secondary N) is 1. The summed E-state index contributed by atoms with van der Waals surface area (Å²) in [4.78, 5) is 2.35. The molecule has 1 saturated carbocycles. The summed E-state index contributed by atoms with van der Waals surface area (Å²) in [6, 6.07) is 7.59. The number of benzene rings is 1. The predicted octanol–water partition coefficient (Wildman–Crippen LogP) is 3.18. The van der Waals surface area contributed by atoms with Gasteiger partial charge in [-0.05, 0) is 44.6 Å². The molecule has 0 aromatic heterocycles. The van der Waals surface area contributed by atoms with Crippen LogP contribution in [0.5, 0.6) is 0 Å². The van der Waals surface area contributed by atoms with Crippen LogP contribution in [0.4, 0.5) is 0 Å². The lowest BCUT2D eigenvalue weighted by Crippen LogP contribution is -2.49. The molecule has 2 rings (SSSR count). The third-order valence-electron chi connectivity index (χ3n) is 4.43. The number of halogens is 1. The first kappa shape index (κ1) is 15.3. The molecule has 0 bridgehead atoms. The number of hydrogen-bond donors (Lipinski definition) is 1. The molecule has 1 aromatic carbocycles. The van der Waals surface area contributed by atoms with E-state index in [2.05, 4.69) is 30.4 Å². The van der Waals surface area contributed by atoms with Crippen LogP contribution in [-0.2, 0) is 6.54 Å². The average Bonchev–Trinajstić information content (AvgIpc) is 2.90. The van der Waals surface area contributed by atoms with Gasteiger partial charge in [-0.3, -0.25) is 0 Å². The Hall–Kier alpha value is -1.08. The van der Waals surface area contributed by atoms with E-state index in [1.54, 1.807) is 6.07 Å². The molecule has 0 saturated heterocycles. The molecule has 0 atom stereocenters. The van der Waals surface area contributed by atoms with Gasteiger partial charge in [-0.2, -0.15) is 5.26 Å². The van der Waals surface area contributed by atoms with Crippen LogP contribution in [0.2, 0.25) is 5.02 Å². The van der Waals surface area contributed by atoms with E-state index in [0.717, 1.165) is 18.7 Å². The van der Waals surface area contributed by atoms with Gasteiger partial charge in [-0.25, -0.2) is 0 Å². The minimum absolute atomic E-state index is 0.291. The Balaban J connectivity index is 1.94. The SMILES string of the molecule is CN(C)C1(CNCc2ccc(C#N)cc2Cl)CCCC1. The lowest BCUT2D eigenvalue weighted by atomic mass is 9.96. The molecule has 3 nitrogen and oxygen atoms in total. The molecule has 1 aliphatic rings. The van der Waals surface area contributed by atoms with E-state index in [9.17, 15) is 0 Å². The summed E-state index contributed by atoms with van der Waals surface area (Å²) in [5, 5.41) is 13.0. The molecular formula is C16H22ClN3. The molecule has 0 heterocycles. The van der Waals surface area contributed by atoms with Crippen LogP contribution in [-0.4, -0.2) is 31.1 Å². The van der Waals surface area contributed by atoms with Crippen molar-refractivity contribution in [2.24, 2.45) is 0 Å². The molecule has 0 amide bonds. The predicted molar refractivity (Wildman–Crippen MR) is 82.8 cm³/mol. The van der Waals surface area contributed by atoms with Crippen LogP contribution in [0.1, 0.15) is 36.8 Å². The number of likely N-dealkylation sites (N-methyl/N-ethyl adjacent to an activating group) is 1. The van der Waals surface area contributed by atoms with Gasteiger partial charge in [0.2, 0.25) is 0 Å². The molecule has 20 heavy (non-hydrogen) atoms. The van der Waals surface area contributed by atoms with E-state index < -0.39 is 0 Å². The van der Waals surface area contributed by atoms with Crippen LogP contribution >= 0.6 is 11.6 Å². The summed E-state index contributed by atoms with van der Waals surface area (Å²) >= 11 is 6.20. The first-order chi connectivity index (χ1) is 9.57. The largest absolute Gasteiger partial charge is 0.311 e. The Morgan fingerprint density at radius 3 is 2.60 bits per heavy atom. The van der Waals surface area contributed by atoms with Gasteiger partial charge in [0, 0.05) is 23.7 Å². The van der Waals surface area contributed by atoms with E-state index in [1.807, 2.05) is 12.1 Å². The zero-order chi connectivity index (χ0) is 14.6. The smallest absolute Gasteiger partial charge is 0.0992 e. The number of rotatable bonds is 5. The highest BCUT2D eigenvalue weighted by molar-refractivity contribution is 6.31. The maximum atomic E-state index is 8.84. The maximum absolute atomic E-state index is 8.84. The highest BCUT2D eigenvalue weighted by atomic mass is 35.5. The van der Waals surface area contributed by atoms with Crippen LogP contribution in [0.15, 0.2) is 18.2 Å². The van der Waals surface area contributed by atoms with Gasteiger partial charge < -0.3 is 10.2 Å². The van der Waals surface area contributed by atoms with E-state index in [4.69, 9.17) is 16.9 Å². The zero-order valence-electron chi connectivity index (χ0n) is 12.2. The van der Waals surface area contributed by atoms with Crippen molar-refractivity contribution in [3.63, 3.8) is 0 Å². The standard InChI is InChI=1S/C16H22ClN3/c1-20(2)16(7-3-4-8-16)12-19-11-14-6-5-13(10-18)9-15(14)17/h5-6,9,19H,3-4,7-8,11-12H2,1-2H3. The third-order valence-corrected chi connectivity index (χ3v) is 4.79.